The normalized spacial score (nSPS) is 26.8. The number of ether oxygens (including phenoxy) is 6. The van der Waals surface area contributed by atoms with Gasteiger partial charge in [0.1, 0.15) is 23.7 Å². The summed E-state index contributed by atoms with van der Waals surface area (Å²) in [4.78, 5) is 0. The predicted octanol–water partition coefficient (Wildman–Crippen LogP) is 2.08. The number of rotatable bonds is 8. The molecule has 8 heteroatoms. The Balaban J connectivity index is 1.87. The van der Waals surface area contributed by atoms with Gasteiger partial charge >= 0.3 is 0 Å². The summed E-state index contributed by atoms with van der Waals surface area (Å²) in [5.41, 5.74) is 12.8. The summed E-state index contributed by atoms with van der Waals surface area (Å²) in [6.45, 7) is 0.304. The molecule has 0 aliphatic carbocycles. The average molecular weight is 404 g/mol. The zero-order valence-electron chi connectivity index (χ0n) is 16.8. The van der Waals surface area contributed by atoms with Crippen molar-refractivity contribution in [1.82, 2.24) is 0 Å². The number of methoxy groups -OCH3 is 3. The number of nitrogens with two attached hydrogens (primary N) is 2. The third kappa shape index (κ3) is 5.10. The molecule has 0 aromatic heterocycles. The van der Waals surface area contributed by atoms with Crippen LogP contribution in [0.3, 0.4) is 0 Å². The van der Waals surface area contributed by atoms with Crippen molar-refractivity contribution < 1.29 is 28.4 Å². The molecule has 0 unspecified atom stereocenters. The lowest BCUT2D eigenvalue weighted by molar-refractivity contribution is -0.283. The van der Waals surface area contributed by atoms with Gasteiger partial charge in [-0.1, -0.05) is 0 Å². The first-order chi connectivity index (χ1) is 14.0. The highest BCUT2D eigenvalue weighted by Gasteiger charge is 2.49. The number of anilines is 2. The molecule has 5 atom stereocenters. The zero-order chi connectivity index (χ0) is 20.8. The zero-order valence-corrected chi connectivity index (χ0v) is 16.8. The lowest BCUT2D eigenvalue weighted by Crippen LogP contribution is -2.63. The van der Waals surface area contributed by atoms with Crippen LogP contribution in [0, 0.1) is 0 Å². The SMILES string of the molecule is COC[C@H]1O[C@H](Oc2ccc(N)cc2)[C@H](OC)[C@@H](Oc2ccc(N)cc2)[C@H]1OC. The van der Waals surface area contributed by atoms with E-state index < -0.39 is 30.7 Å². The van der Waals surface area contributed by atoms with Crippen LogP contribution >= 0.6 is 0 Å². The second-order valence-electron chi connectivity index (χ2n) is 6.74. The van der Waals surface area contributed by atoms with E-state index in [1.807, 2.05) is 0 Å². The molecular weight excluding hydrogens is 376 g/mol. The first-order valence-corrected chi connectivity index (χ1v) is 9.30. The molecule has 1 aliphatic heterocycles. The summed E-state index contributed by atoms with van der Waals surface area (Å²) in [5.74, 6) is 1.24. The van der Waals surface area contributed by atoms with Crippen LogP contribution < -0.4 is 20.9 Å². The summed E-state index contributed by atoms with van der Waals surface area (Å²) in [7, 11) is 4.78. The van der Waals surface area contributed by atoms with Gasteiger partial charge in [0.15, 0.2) is 12.2 Å². The Bertz CT molecular complexity index is 755. The third-order valence-corrected chi connectivity index (χ3v) is 4.75. The Morgan fingerprint density at radius 3 is 1.72 bits per heavy atom. The van der Waals surface area contributed by atoms with Gasteiger partial charge in [-0.2, -0.15) is 0 Å². The van der Waals surface area contributed by atoms with Crippen LogP contribution in [0.4, 0.5) is 11.4 Å². The first kappa shape index (κ1) is 21.2. The maximum absolute atomic E-state index is 6.24. The Labute approximate surface area is 170 Å². The molecule has 3 rings (SSSR count). The predicted molar refractivity (Wildman–Crippen MR) is 109 cm³/mol. The van der Waals surface area contributed by atoms with E-state index in [2.05, 4.69) is 0 Å². The summed E-state index contributed by atoms with van der Waals surface area (Å²) in [6.07, 6.45) is -2.68. The Morgan fingerprint density at radius 2 is 1.24 bits per heavy atom. The van der Waals surface area contributed by atoms with Crippen molar-refractivity contribution >= 4 is 11.4 Å². The molecule has 1 fully saturated rings. The molecule has 158 valence electrons. The summed E-state index contributed by atoms with van der Waals surface area (Å²) >= 11 is 0. The second kappa shape index (κ2) is 9.80. The van der Waals surface area contributed by atoms with E-state index in [9.17, 15) is 0 Å². The smallest absolute Gasteiger partial charge is 0.230 e. The van der Waals surface area contributed by atoms with E-state index in [4.69, 9.17) is 39.9 Å². The number of nitrogen functional groups attached to an aromatic ring is 2. The number of hydrogen-bond acceptors (Lipinski definition) is 8. The number of hydrogen-bond donors (Lipinski definition) is 2. The van der Waals surface area contributed by atoms with Gasteiger partial charge in [0, 0.05) is 32.7 Å². The molecule has 0 spiro atoms. The molecular formula is C21H28N2O6. The van der Waals surface area contributed by atoms with Crippen molar-refractivity contribution in [2.45, 2.75) is 30.7 Å². The van der Waals surface area contributed by atoms with Crippen LogP contribution in [0.25, 0.3) is 0 Å². The largest absolute Gasteiger partial charge is 0.485 e. The Kier molecular flexibility index (Phi) is 7.16. The minimum atomic E-state index is -0.742. The van der Waals surface area contributed by atoms with Gasteiger partial charge in [-0.3, -0.25) is 0 Å². The van der Waals surface area contributed by atoms with Gasteiger partial charge < -0.3 is 39.9 Å². The maximum Gasteiger partial charge on any atom is 0.230 e. The molecule has 0 saturated carbocycles. The number of benzene rings is 2. The topological polar surface area (TPSA) is 107 Å². The lowest BCUT2D eigenvalue weighted by atomic mass is 9.98. The van der Waals surface area contributed by atoms with Crippen molar-refractivity contribution in [3.8, 4) is 11.5 Å². The molecule has 4 N–H and O–H groups in total. The molecule has 0 bridgehead atoms. The van der Waals surface area contributed by atoms with E-state index in [1.165, 1.54) is 0 Å². The van der Waals surface area contributed by atoms with Crippen molar-refractivity contribution in [3.63, 3.8) is 0 Å². The standard InChI is InChI=1S/C21H28N2O6/c1-24-12-17-18(25-2)19(27-15-8-4-13(22)5-9-15)20(26-3)21(29-17)28-16-10-6-14(23)7-11-16/h4-11,17-21H,12,22-23H2,1-3H3/t17-,18+,19+,20-,21+/m1/s1. The van der Waals surface area contributed by atoms with Gasteiger partial charge in [-0.15, -0.1) is 0 Å². The van der Waals surface area contributed by atoms with Gasteiger partial charge in [-0.25, -0.2) is 0 Å². The molecule has 2 aromatic rings. The van der Waals surface area contributed by atoms with E-state index >= 15 is 0 Å². The molecule has 0 radical (unpaired) electrons. The summed E-state index contributed by atoms with van der Waals surface area (Å²) < 4.78 is 35.2. The van der Waals surface area contributed by atoms with Gasteiger partial charge in [0.2, 0.25) is 6.29 Å². The van der Waals surface area contributed by atoms with E-state index in [-0.39, 0.29) is 0 Å². The highest BCUT2D eigenvalue weighted by molar-refractivity contribution is 5.42. The second-order valence-corrected chi connectivity index (χ2v) is 6.74. The minimum Gasteiger partial charge on any atom is -0.485 e. The van der Waals surface area contributed by atoms with Crippen molar-refractivity contribution in [3.05, 3.63) is 48.5 Å². The van der Waals surface area contributed by atoms with Crippen LogP contribution in [0.2, 0.25) is 0 Å². The fraction of sp³-hybridized carbons (Fsp3) is 0.429. The van der Waals surface area contributed by atoms with Crippen molar-refractivity contribution in [1.29, 1.82) is 0 Å². The highest BCUT2D eigenvalue weighted by Crippen LogP contribution is 2.31. The Hall–Kier alpha value is -2.52. The molecule has 0 amide bonds. The van der Waals surface area contributed by atoms with E-state index in [0.29, 0.717) is 29.5 Å². The third-order valence-electron chi connectivity index (χ3n) is 4.75. The van der Waals surface area contributed by atoms with Crippen LogP contribution in [0.5, 0.6) is 11.5 Å². The Morgan fingerprint density at radius 1 is 0.724 bits per heavy atom. The van der Waals surface area contributed by atoms with Gasteiger partial charge in [0.05, 0.1) is 6.61 Å². The fourth-order valence-corrected chi connectivity index (χ4v) is 3.32. The van der Waals surface area contributed by atoms with Gasteiger partial charge in [-0.05, 0) is 48.5 Å². The molecule has 1 aliphatic rings. The summed E-state index contributed by atoms with van der Waals surface area (Å²) in [6, 6.07) is 14.2. The van der Waals surface area contributed by atoms with Crippen molar-refractivity contribution in [2.24, 2.45) is 0 Å². The maximum atomic E-state index is 6.24. The first-order valence-electron chi connectivity index (χ1n) is 9.30. The molecule has 29 heavy (non-hydrogen) atoms. The molecule has 2 aromatic carbocycles. The molecule has 8 nitrogen and oxygen atoms in total. The van der Waals surface area contributed by atoms with Crippen LogP contribution in [0.15, 0.2) is 48.5 Å². The lowest BCUT2D eigenvalue weighted by Gasteiger charge is -2.44. The molecule has 1 saturated heterocycles. The summed E-state index contributed by atoms with van der Waals surface area (Å²) in [5, 5.41) is 0. The van der Waals surface area contributed by atoms with Crippen LogP contribution in [-0.4, -0.2) is 58.6 Å². The highest BCUT2D eigenvalue weighted by atomic mass is 16.7. The van der Waals surface area contributed by atoms with E-state index in [0.717, 1.165) is 0 Å². The minimum absolute atomic E-state index is 0.304. The quantitative estimate of drug-likeness (QED) is 0.644. The van der Waals surface area contributed by atoms with Crippen LogP contribution in [0.1, 0.15) is 0 Å². The van der Waals surface area contributed by atoms with E-state index in [1.54, 1.807) is 69.9 Å². The molecule has 1 heterocycles. The monoisotopic (exact) mass is 404 g/mol. The average Bonchev–Trinajstić information content (AvgIpc) is 2.72. The van der Waals surface area contributed by atoms with Crippen molar-refractivity contribution in [2.75, 3.05) is 39.4 Å². The van der Waals surface area contributed by atoms with Gasteiger partial charge in [0.25, 0.3) is 0 Å². The fourth-order valence-electron chi connectivity index (χ4n) is 3.32. The van der Waals surface area contributed by atoms with Crippen LogP contribution in [-0.2, 0) is 18.9 Å².